The summed E-state index contributed by atoms with van der Waals surface area (Å²) in [7, 11) is 1.60. The topological polar surface area (TPSA) is 64.3 Å². The van der Waals surface area contributed by atoms with Gasteiger partial charge in [-0.25, -0.2) is 0 Å². The van der Waals surface area contributed by atoms with Gasteiger partial charge in [0.1, 0.15) is 5.75 Å². The van der Waals surface area contributed by atoms with Crippen molar-refractivity contribution >= 4 is 23.1 Å². The van der Waals surface area contributed by atoms with Gasteiger partial charge in [0.15, 0.2) is 0 Å². The predicted octanol–water partition coefficient (Wildman–Crippen LogP) is 1.03. The van der Waals surface area contributed by atoms with Crippen molar-refractivity contribution in [3.63, 3.8) is 0 Å². The zero-order valence-corrected chi connectivity index (χ0v) is 10.5. The minimum absolute atomic E-state index is 0.0323. The van der Waals surface area contributed by atoms with E-state index in [1.54, 1.807) is 7.05 Å². The molecular weight excluding hydrogens is 236 g/mol. The van der Waals surface area contributed by atoms with Crippen LogP contribution in [0.2, 0.25) is 0 Å². The third-order valence-corrected chi connectivity index (χ3v) is 2.32. The lowest BCUT2D eigenvalue weighted by molar-refractivity contribution is -0.121. The molecule has 0 heterocycles. The van der Waals surface area contributed by atoms with E-state index in [0.717, 1.165) is 11.3 Å². The van der Waals surface area contributed by atoms with E-state index in [4.69, 9.17) is 22.7 Å². The van der Waals surface area contributed by atoms with E-state index in [2.05, 4.69) is 5.32 Å². The number of carbonyl (C=O) groups is 1. The van der Waals surface area contributed by atoms with Gasteiger partial charge in [0.2, 0.25) is 5.91 Å². The summed E-state index contributed by atoms with van der Waals surface area (Å²) in [5, 5.41) is 2.53. The van der Waals surface area contributed by atoms with Gasteiger partial charge in [-0.05, 0) is 17.7 Å². The lowest BCUT2D eigenvalue weighted by Gasteiger charge is -2.06. The minimum Gasteiger partial charge on any atom is -0.493 e. The van der Waals surface area contributed by atoms with Crippen molar-refractivity contribution in [1.29, 1.82) is 0 Å². The summed E-state index contributed by atoms with van der Waals surface area (Å²) < 4.78 is 5.41. The monoisotopic (exact) mass is 252 g/mol. The van der Waals surface area contributed by atoms with Gasteiger partial charge in [0, 0.05) is 13.5 Å². The average molecular weight is 252 g/mol. The first-order chi connectivity index (χ1) is 8.11. The van der Waals surface area contributed by atoms with Gasteiger partial charge in [-0.1, -0.05) is 24.4 Å². The maximum absolute atomic E-state index is 11.0. The van der Waals surface area contributed by atoms with Crippen molar-refractivity contribution in [2.24, 2.45) is 5.73 Å². The molecule has 1 aromatic rings. The second kappa shape index (κ2) is 6.85. The number of amides is 1. The fraction of sp³-hybridized carbons (Fsp3) is 0.333. The molecule has 5 heteroatoms. The number of rotatable bonds is 6. The molecule has 92 valence electrons. The molecule has 3 N–H and O–H groups in total. The molecule has 4 nitrogen and oxygen atoms in total. The maximum Gasteiger partial charge on any atom is 0.223 e. The van der Waals surface area contributed by atoms with Crippen LogP contribution in [0.3, 0.4) is 0 Å². The Morgan fingerprint density at radius 2 is 2.06 bits per heavy atom. The molecule has 0 aliphatic heterocycles. The number of nitrogens with one attached hydrogen (secondary N) is 1. The third-order valence-electron chi connectivity index (χ3n) is 2.18. The fourth-order valence-electron chi connectivity index (χ4n) is 1.29. The third kappa shape index (κ3) is 5.31. The maximum atomic E-state index is 11.0. The average Bonchev–Trinajstić information content (AvgIpc) is 2.30. The van der Waals surface area contributed by atoms with E-state index >= 15 is 0 Å². The first-order valence-corrected chi connectivity index (χ1v) is 5.73. The Bertz CT molecular complexity index is 390. The van der Waals surface area contributed by atoms with Gasteiger partial charge in [-0.3, -0.25) is 4.79 Å². The fourth-order valence-corrected chi connectivity index (χ4v) is 1.46. The first kappa shape index (κ1) is 13.4. The molecule has 0 aromatic heterocycles. The van der Waals surface area contributed by atoms with Crippen LogP contribution in [-0.4, -0.2) is 24.6 Å². The van der Waals surface area contributed by atoms with Crippen LogP contribution in [0.1, 0.15) is 12.0 Å². The van der Waals surface area contributed by atoms with E-state index < -0.39 is 0 Å². The number of ether oxygens (including phenoxy) is 1. The van der Waals surface area contributed by atoms with Crippen LogP contribution in [0.15, 0.2) is 24.3 Å². The lowest BCUT2D eigenvalue weighted by Crippen LogP contribution is -2.20. The number of hydrogen-bond donors (Lipinski definition) is 2. The molecule has 0 atom stereocenters. The molecule has 0 spiro atoms. The zero-order chi connectivity index (χ0) is 12.7. The second-order valence-corrected chi connectivity index (χ2v) is 4.08. The summed E-state index contributed by atoms with van der Waals surface area (Å²) in [4.78, 5) is 11.4. The molecular formula is C12H16N2O2S. The van der Waals surface area contributed by atoms with Crippen LogP contribution >= 0.6 is 12.2 Å². The van der Waals surface area contributed by atoms with E-state index in [1.165, 1.54) is 0 Å². The Hall–Kier alpha value is -1.62. The highest BCUT2D eigenvalue weighted by Gasteiger charge is 2.00. The highest BCUT2D eigenvalue weighted by Crippen LogP contribution is 2.12. The molecule has 0 unspecified atom stereocenters. The zero-order valence-electron chi connectivity index (χ0n) is 9.73. The van der Waals surface area contributed by atoms with Crippen LogP contribution in [0, 0.1) is 0 Å². The summed E-state index contributed by atoms with van der Waals surface area (Å²) in [5.74, 6) is 0.704. The van der Waals surface area contributed by atoms with Gasteiger partial charge in [0.05, 0.1) is 18.0 Å². The molecule has 0 saturated carbocycles. The lowest BCUT2D eigenvalue weighted by atomic mass is 10.1. The summed E-state index contributed by atoms with van der Waals surface area (Å²) >= 11 is 4.82. The summed E-state index contributed by atoms with van der Waals surface area (Å²) in [5.41, 5.74) is 6.50. The number of nitrogens with two attached hydrogens (primary N) is 1. The van der Waals surface area contributed by atoms with E-state index in [1.807, 2.05) is 24.3 Å². The van der Waals surface area contributed by atoms with Crippen LogP contribution in [0.4, 0.5) is 0 Å². The van der Waals surface area contributed by atoms with Crippen molar-refractivity contribution < 1.29 is 9.53 Å². The van der Waals surface area contributed by atoms with E-state index in [-0.39, 0.29) is 5.91 Å². The van der Waals surface area contributed by atoms with Gasteiger partial charge < -0.3 is 15.8 Å². The predicted molar refractivity (Wildman–Crippen MR) is 71.1 cm³/mol. The Kier molecular flexibility index (Phi) is 5.42. The molecule has 0 radical (unpaired) electrons. The van der Waals surface area contributed by atoms with Crippen molar-refractivity contribution in [2.75, 3.05) is 13.7 Å². The molecule has 0 saturated heterocycles. The number of hydrogen-bond acceptors (Lipinski definition) is 3. The second-order valence-electron chi connectivity index (χ2n) is 3.56. The Morgan fingerprint density at radius 3 is 2.59 bits per heavy atom. The van der Waals surface area contributed by atoms with Gasteiger partial charge >= 0.3 is 0 Å². The number of thiocarbonyl (C=S) groups is 1. The molecule has 0 bridgehead atoms. The van der Waals surface area contributed by atoms with Crippen LogP contribution in [-0.2, 0) is 11.2 Å². The van der Waals surface area contributed by atoms with Gasteiger partial charge in [-0.15, -0.1) is 0 Å². The Balaban J connectivity index is 2.40. The molecule has 0 aliphatic carbocycles. The highest BCUT2D eigenvalue weighted by molar-refractivity contribution is 7.80. The molecule has 1 rings (SSSR count). The SMILES string of the molecule is CNC(=O)CCOc1ccc(CC(N)=S)cc1. The molecule has 17 heavy (non-hydrogen) atoms. The Labute approximate surface area is 106 Å². The summed E-state index contributed by atoms with van der Waals surface area (Å²) in [6, 6.07) is 7.51. The van der Waals surface area contributed by atoms with Gasteiger partial charge in [-0.2, -0.15) is 0 Å². The molecule has 1 aromatic carbocycles. The molecule has 0 fully saturated rings. The number of benzene rings is 1. The van der Waals surface area contributed by atoms with Crippen LogP contribution < -0.4 is 15.8 Å². The number of carbonyl (C=O) groups excluding carboxylic acids is 1. The van der Waals surface area contributed by atoms with E-state index in [9.17, 15) is 4.79 Å². The normalized spacial score (nSPS) is 9.71. The summed E-state index contributed by atoms with van der Waals surface area (Å²) in [6.07, 6.45) is 0.943. The quantitative estimate of drug-likeness (QED) is 0.742. The van der Waals surface area contributed by atoms with Crippen LogP contribution in [0.25, 0.3) is 0 Å². The first-order valence-electron chi connectivity index (χ1n) is 5.32. The minimum atomic E-state index is -0.0323. The van der Waals surface area contributed by atoms with E-state index in [0.29, 0.717) is 24.4 Å². The van der Waals surface area contributed by atoms with Crippen LogP contribution in [0.5, 0.6) is 5.75 Å². The largest absolute Gasteiger partial charge is 0.493 e. The molecule has 0 aliphatic rings. The van der Waals surface area contributed by atoms with Gasteiger partial charge in [0.25, 0.3) is 0 Å². The Morgan fingerprint density at radius 1 is 1.41 bits per heavy atom. The van der Waals surface area contributed by atoms with Crippen molar-refractivity contribution in [1.82, 2.24) is 5.32 Å². The van der Waals surface area contributed by atoms with Crippen molar-refractivity contribution in [2.45, 2.75) is 12.8 Å². The summed E-state index contributed by atoms with van der Waals surface area (Å²) in [6.45, 7) is 0.369. The van der Waals surface area contributed by atoms with Crippen molar-refractivity contribution in [3.8, 4) is 5.75 Å². The highest BCUT2D eigenvalue weighted by atomic mass is 32.1. The smallest absolute Gasteiger partial charge is 0.223 e. The standard InChI is InChI=1S/C12H16N2O2S/c1-14-12(15)6-7-16-10-4-2-9(3-5-10)8-11(13)17/h2-5H,6-8H2,1H3,(H2,13,17)(H,14,15). The van der Waals surface area contributed by atoms with Crippen molar-refractivity contribution in [3.05, 3.63) is 29.8 Å². The molecule has 1 amide bonds.